The third-order valence-electron chi connectivity index (χ3n) is 4.51. The number of nitrogens with zero attached hydrogens (tertiary/aromatic N) is 2. The Morgan fingerprint density at radius 3 is 2.81 bits per heavy atom. The lowest BCUT2D eigenvalue weighted by molar-refractivity contribution is -0.120. The van der Waals surface area contributed by atoms with Crippen molar-refractivity contribution in [1.82, 2.24) is 20.1 Å². The van der Waals surface area contributed by atoms with Crippen molar-refractivity contribution in [3.63, 3.8) is 0 Å². The fraction of sp³-hybridized carbons (Fsp3) is 0.150. The molecule has 4 aromatic rings. The molecule has 2 aromatic carbocycles. The molecule has 7 heteroatoms. The van der Waals surface area contributed by atoms with Crippen molar-refractivity contribution in [2.24, 2.45) is 0 Å². The second-order valence-electron chi connectivity index (χ2n) is 6.28. The summed E-state index contributed by atoms with van der Waals surface area (Å²) < 4.78 is 3.15. The fourth-order valence-corrected chi connectivity index (χ4v) is 3.58. The maximum absolute atomic E-state index is 12.3. The number of hydrogen-bond donors (Lipinski definition) is 2. The molecule has 2 aromatic heterocycles. The summed E-state index contributed by atoms with van der Waals surface area (Å²) in [7, 11) is 0. The lowest BCUT2D eigenvalue weighted by atomic mass is 10.1. The van der Waals surface area contributed by atoms with E-state index >= 15 is 0 Å². The van der Waals surface area contributed by atoms with Crippen molar-refractivity contribution in [3.05, 3.63) is 75.2 Å². The van der Waals surface area contributed by atoms with E-state index in [1.165, 1.54) is 0 Å². The Morgan fingerprint density at radius 2 is 1.96 bits per heavy atom. The van der Waals surface area contributed by atoms with Gasteiger partial charge in [-0.05, 0) is 30.3 Å². The average Bonchev–Trinajstić information content (AvgIpc) is 3.06. The van der Waals surface area contributed by atoms with Gasteiger partial charge in [0.25, 0.3) is 5.56 Å². The van der Waals surface area contributed by atoms with Gasteiger partial charge in [0.1, 0.15) is 0 Å². The summed E-state index contributed by atoms with van der Waals surface area (Å²) in [6.07, 6.45) is 2.14. The zero-order valence-electron chi connectivity index (χ0n) is 14.4. The van der Waals surface area contributed by atoms with Gasteiger partial charge in [0.05, 0.1) is 17.5 Å². The third kappa shape index (κ3) is 3.64. The lowest BCUT2D eigenvalue weighted by Gasteiger charge is -2.08. The first-order valence-corrected chi connectivity index (χ1v) is 9.38. The Kier molecular flexibility index (Phi) is 4.77. The Morgan fingerprint density at radius 1 is 1.15 bits per heavy atom. The van der Waals surface area contributed by atoms with Crippen LogP contribution in [0, 0.1) is 0 Å². The highest BCUT2D eigenvalue weighted by Crippen LogP contribution is 2.20. The molecule has 6 nitrogen and oxygen atoms in total. The normalized spacial score (nSPS) is 11.1. The Balaban J connectivity index is 1.42. The van der Waals surface area contributed by atoms with Crippen molar-refractivity contribution in [2.45, 2.75) is 13.0 Å². The molecule has 4 rings (SSSR count). The van der Waals surface area contributed by atoms with Gasteiger partial charge in [-0.3, -0.25) is 9.59 Å². The Hall–Kier alpha value is -2.93. The SMILES string of the molecule is O=C(Cc1n[nH]c(=O)c2ccccc12)NCCn1ccc2cc(Br)ccc21. The number of amides is 1. The standard InChI is InChI=1S/C20H17BrN4O2/c21-14-5-6-18-13(11-14)7-9-25(18)10-8-22-19(26)12-17-15-3-1-2-4-16(15)20(27)24-23-17/h1-7,9,11H,8,10,12H2,(H,22,26)(H,24,27). The molecule has 0 atom stereocenters. The molecule has 0 saturated heterocycles. The number of benzene rings is 2. The van der Waals surface area contributed by atoms with Gasteiger partial charge in [-0.25, -0.2) is 5.10 Å². The monoisotopic (exact) mass is 424 g/mol. The second kappa shape index (κ2) is 7.36. The summed E-state index contributed by atoms with van der Waals surface area (Å²) in [6.45, 7) is 1.19. The lowest BCUT2D eigenvalue weighted by Crippen LogP contribution is -2.29. The second-order valence-corrected chi connectivity index (χ2v) is 7.20. The van der Waals surface area contributed by atoms with E-state index in [1.807, 2.05) is 24.4 Å². The van der Waals surface area contributed by atoms with Crippen LogP contribution in [-0.4, -0.2) is 27.2 Å². The molecule has 0 radical (unpaired) electrons. The molecule has 0 spiro atoms. The fourth-order valence-electron chi connectivity index (χ4n) is 3.20. The van der Waals surface area contributed by atoms with Gasteiger partial charge in [-0.2, -0.15) is 5.10 Å². The molecule has 0 unspecified atom stereocenters. The van der Waals surface area contributed by atoms with Gasteiger partial charge in [-0.15, -0.1) is 0 Å². The Bertz CT molecular complexity index is 1200. The number of carbonyl (C=O) groups is 1. The zero-order valence-corrected chi connectivity index (χ0v) is 16.0. The van der Waals surface area contributed by atoms with Crippen LogP contribution in [-0.2, 0) is 17.8 Å². The molecule has 1 amide bonds. The maximum Gasteiger partial charge on any atom is 0.272 e. The van der Waals surface area contributed by atoms with Gasteiger partial charge in [0.15, 0.2) is 0 Å². The quantitative estimate of drug-likeness (QED) is 0.516. The number of nitrogens with one attached hydrogen (secondary N) is 2. The van der Waals surface area contributed by atoms with Crippen molar-refractivity contribution in [2.75, 3.05) is 6.54 Å². The predicted molar refractivity (Wildman–Crippen MR) is 109 cm³/mol. The largest absolute Gasteiger partial charge is 0.354 e. The van der Waals surface area contributed by atoms with Crippen LogP contribution >= 0.6 is 15.9 Å². The number of aromatic nitrogens is 3. The molecule has 27 heavy (non-hydrogen) atoms. The third-order valence-corrected chi connectivity index (χ3v) is 5.00. The van der Waals surface area contributed by atoms with Crippen LogP contribution in [0.1, 0.15) is 5.69 Å². The van der Waals surface area contributed by atoms with Crippen LogP contribution in [0.25, 0.3) is 21.7 Å². The van der Waals surface area contributed by atoms with E-state index in [0.717, 1.165) is 15.4 Å². The summed E-state index contributed by atoms with van der Waals surface area (Å²) in [5.74, 6) is -0.126. The average molecular weight is 425 g/mol. The number of carbonyl (C=O) groups excluding carboxylic acids is 1. The topological polar surface area (TPSA) is 79.8 Å². The van der Waals surface area contributed by atoms with E-state index in [2.05, 4.69) is 54.2 Å². The van der Waals surface area contributed by atoms with E-state index in [0.29, 0.717) is 29.6 Å². The highest BCUT2D eigenvalue weighted by molar-refractivity contribution is 9.10. The van der Waals surface area contributed by atoms with Crippen LogP contribution < -0.4 is 10.9 Å². The first-order chi connectivity index (χ1) is 13.1. The van der Waals surface area contributed by atoms with Crippen LogP contribution in [0.3, 0.4) is 0 Å². The summed E-state index contributed by atoms with van der Waals surface area (Å²) >= 11 is 3.47. The van der Waals surface area contributed by atoms with Crippen molar-refractivity contribution in [3.8, 4) is 0 Å². The highest BCUT2D eigenvalue weighted by atomic mass is 79.9. The first-order valence-electron chi connectivity index (χ1n) is 8.59. The molecule has 0 aliphatic rings. The molecule has 0 aliphatic heterocycles. The summed E-state index contributed by atoms with van der Waals surface area (Å²) in [5, 5.41) is 11.8. The number of fused-ring (bicyclic) bond motifs is 2. The highest BCUT2D eigenvalue weighted by Gasteiger charge is 2.10. The number of rotatable bonds is 5. The van der Waals surface area contributed by atoms with Crippen LogP contribution in [0.2, 0.25) is 0 Å². The van der Waals surface area contributed by atoms with E-state index in [9.17, 15) is 9.59 Å². The summed E-state index contributed by atoms with van der Waals surface area (Å²) in [4.78, 5) is 24.1. The van der Waals surface area contributed by atoms with Crippen molar-refractivity contribution >= 4 is 43.5 Å². The molecule has 0 aliphatic carbocycles. The molecule has 0 bridgehead atoms. The molecule has 2 heterocycles. The minimum absolute atomic E-state index is 0.122. The van der Waals surface area contributed by atoms with E-state index in [-0.39, 0.29) is 17.9 Å². The first kappa shape index (κ1) is 17.5. The number of H-pyrrole nitrogens is 1. The van der Waals surface area contributed by atoms with Gasteiger partial charge in [0, 0.05) is 40.0 Å². The van der Waals surface area contributed by atoms with Crippen molar-refractivity contribution < 1.29 is 4.79 Å². The van der Waals surface area contributed by atoms with Crippen LogP contribution in [0.4, 0.5) is 0 Å². The van der Waals surface area contributed by atoms with Crippen LogP contribution in [0.15, 0.2) is 64.0 Å². The maximum atomic E-state index is 12.3. The Labute approximate surface area is 163 Å². The van der Waals surface area contributed by atoms with E-state index in [4.69, 9.17) is 0 Å². The molecular weight excluding hydrogens is 408 g/mol. The van der Waals surface area contributed by atoms with Gasteiger partial charge < -0.3 is 9.88 Å². The molecular formula is C20H17BrN4O2. The number of hydrogen-bond acceptors (Lipinski definition) is 3. The van der Waals surface area contributed by atoms with E-state index in [1.54, 1.807) is 12.1 Å². The molecule has 2 N–H and O–H groups in total. The number of aromatic amines is 1. The minimum Gasteiger partial charge on any atom is -0.354 e. The molecule has 0 saturated carbocycles. The summed E-state index contributed by atoms with van der Waals surface area (Å²) in [6, 6.07) is 15.3. The number of halogens is 1. The molecule has 136 valence electrons. The smallest absolute Gasteiger partial charge is 0.272 e. The van der Waals surface area contributed by atoms with E-state index < -0.39 is 0 Å². The van der Waals surface area contributed by atoms with Gasteiger partial charge in [0.2, 0.25) is 5.91 Å². The minimum atomic E-state index is -0.249. The predicted octanol–water partition coefficient (Wildman–Crippen LogP) is 3.00. The zero-order chi connectivity index (χ0) is 18.8. The van der Waals surface area contributed by atoms with Gasteiger partial charge in [-0.1, -0.05) is 34.1 Å². The summed E-state index contributed by atoms with van der Waals surface area (Å²) in [5.41, 5.74) is 1.44. The molecule has 0 fully saturated rings. The van der Waals surface area contributed by atoms with Crippen LogP contribution in [0.5, 0.6) is 0 Å². The van der Waals surface area contributed by atoms with Crippen molar-refractivity contribution in [1.29, 1.82) is 0 Å². The van der Waals surface area contributed by atoms with Gasteiger partial charge >= 0.3 is 0 Å².